The van der Waals surface area contributed by atoms with Crippen molar-refractivity contribution in [2.45, 2.75) is 58.2 Å². The van der Waals surface area contributed by atoms with Gasteiger partial charge in [0.05, 0.1) is 18.8 Å². The van der Waals surface area contributed by atoms with Crippen LogP contribution in [0.2, 0.25) is 0 Å². The molecule has 2 fully saturated rings. The van der Waals surface area contributed by atoms with Crippen LogP contribution in [0.3, 0.4) is 0 Å². The smallest absolute Gasteiger partial charge is 0.239 e. The molecule has 3 rings (SSSR count). The summed E-state index contributed by atoms with van der Waals surface area (Å²) in [6, 6.07) is 0.218. The van der Waals surface area contributed by atoms with Crippen molar-refractivity contribution >= 4 is 11.8 Å². The first-order valence-electron chi connectivity index (χ1n) is 9.28. The zero-order chi connectivity index (χ0) is 18.0. The molecule has 7 heteroatoms. The van der Waals surface area contributed by atoms with Crippen LogP contribution >= 0.6 is 0 Å². The molecule has 0 bridgehead atoms. The molecular formula is C18H29N5O2. The second kappa shape index (κ2) is 7.56. The number of piperidine rings is 1. The Kier molecular flexibility index (Phi) is 5.42. The molecule has 0 aliphatic carbocycles. The van der Waals surface area contributed by atoms with Gasteiger partial charge in [-0.3, -0.25) is 19.2 Å². The number of aryl methyl sites for hydroxylation is 1. The van der Waals surface area contributed by atoms with Gasteiger partial charge in [-0.05, 0) is 51.6 Å². The van der Waals surface area contributed by atoms with Crippen molar-refractivity contribution < 1.29 is 9.59 Å². The number of primary amides is 1. The molecule has 2 aliphatic rings. The molecular weight excluding hydrogens is 318 g/mol. The molecule has 1 aromatic heterocycles. The predicted octanol–water partition coefficient (Wildman–Crippen LogP) is 0.768. The van der Waals surface area contributed by atoms with Crippen LogP contribution in [0.25, 0.3) is 0 Å². The first kappa shape index (κ1) is 17.9. The molecule has 2 aliphatic heterocycles. The molecule has 2 amide bonds. The molecule has 0 spiro atoms. The normalized spacial score (nSPS) is 23.8. The molecule has 3 heterocycles. The van der Waals surface area contributed by atoms with Crippen molar-refractivity contribution in [3.8, 4) is 0 Å². The second-order valence-corrected chi connectivity index (χ2v) is 7.45. The van der Waals surface area contributed by atoms with E-state index in [1.165, 1.54) is 0 Å². The van der Waals surface area contributed by atoms with Crippen LogP contribution in [-0.4, -0.2) is 63.1 Å². The van der Waals surface area contributed by atoms with Crippen molar-refractivity contribution in [3.63, 3.8) is 0 Å². The van der Waals surface area contributed by atoms with Crippen molar-refractivity contribution in [3.05, 3.63) is 18.0 Å². The van der Waals surface area contributed by atoms with E-state index in [0.29, 0.717) is 32.0 Å². The molecule has 0 aromatic carbocycles. The summed E-state index contributed by atoms with van der Waals surface area (Å²) in [7, 11) is 0. The molecule has 2 unspecified atom stereocenters. The van der Waals surface area contributed by atoms with E-state index in [1.54, 1.807) is 0 Å². The summed E-state index contributed by atoms with van der Waals surface area (Å²) in [6.07, 6.45) is 7.51. The summed E-state index contributed by atoms with van der Waals surface area (Å²) in [5.41, 5.74) is 6.54. The lowest BCUT2D eigenvalue weighted by Gasteiger charge is -2.36. The monoisotopic (exact) mass is 347 g/mol. The van der Waals surface area contributed by atoms with Crippen LogP contribution < -0.4 is 5.73 Å². The standard InChI is InChI=1S/C18H29N5O2/c1-13-10-20-22(11-13)12-16-4-3-7-23(16)14(2)18(25)21-8-5-15(6-9-21)17(19)24/h10-11,14-16H,3-9,12H2,1-2H3,(H2,19,24). The van der Waals surface area contributed by atoms with E-state index in [0.717, 1.165) is 31.5 Å². The van der Waals surface area contributed by atoms with Gasteiger partial charge in [0.25, 0.3) is 0 Å². The third-order valence-corrected chi connectivity index (χ3v) is 5.65. The van der Waals surface area contributed by atoms with Gasteiger partial charge in [0.1, 0.15) is 0 Å². The third-order valence-electron chi connectivity index (χ3n) is 5.65. The van der Waals surface area contributed by atoms with E-state index in [1.807, 2.05) is 29.6 Å². The highest BCUT2D eigenvalue weighted by Crippen LogP contribution is 2.24. The van der Waals surface area contributed by atoms with Gasteiger partial charge in [0.2, 0.25) is 11.8 Å². The zero-order valence-electron chi connectivity index (χ0n) is 15.2. The molecule has 2 saturated heterocycles. The van der Waals surface area contributed by atoms with E-state index in [-0.39, 0.29) is 23.8 Å². The third kappa shape index (κ3) is 4.03. The van der Waals surface area contributed by atoms with Crippen LogP contribution in [0.15, 0.2) is 12.4 Å². The van der Waals surface area contributed by atoms with Gasteiger partial charge in [-0.15, -0.1) is 0 Å². The minimum Gasteiger partial charge on any atom is -0.369 e. The number of rotatable bonds is 5. The highest BCUT2D eigenvalue weighted by molar-refractivity contribution is 5.82. The lowest BCUT2D eigenvalue weighted by Crippen LogP contribution is -2.52. The van der Waals surface area contributed by atoms with E-state index >= 15 is 0 Å². The Balaban J connectivity index is 1.58. The topological polar surface area (TPSA) is 84.5 Å². The zero-order valence-corrected chi connectivity index (χ0v) is 15.2. The van der Waals surface area contributed by atoms with Gasteiger partial charge in [-0.1, -0.05) is 0 Å². The minimum absolute atomic E-state index is 0.0815. The predicted molar refractivity (Wildman–Crippen MR) is 94.7 cm³/mol. The fourth-order valence-corrected chi connectivity index (χ4v) is 4.14. The van der Waals surface area contributed by atoms with E-state index in [4.69, 9.17) is 5.73 Å². The average molecular weight is 347 g/mol. The number of hydrogen-bond acceptors (Lipinski definition) is 4. The molecule has 0 saturated carbocycles. The quantitative estimate of drug-likeness (QED) is 0.852. The number of carbonyl (C=O) groups excluding carboxylic acids is 2. The Bertz CT molecular complexity index is 621. The maximum absolute atomic E-state index is 12.9. The van der Waals surface area contributed by atoms with Crippen molar-refractivity contribution in [2.24, 2.45) is 11.7 Å². The van der Waals surface area contributed by atoms with Gasteiger partial charge in [0, 0.05) is 31.2 Å². The van der Waals surface area contributed by atoms with Crippen LogP contribution in [0.1, 0.15) is 38.2 Å². The van der Waals surface area contributed by atoms with Crippen molar-refractivity contribution in [2.75, 3.05) is 19.6 Å². The van der Waals surface area contributed by atoms with Gasteiger partial charge in [-0.25, -0.2) is 0 Å². The Morgan fingerprint density at radius 1 is 1.28 bits per heavy atom. The van der Waals surface area contributed by atoms with Gasteiger partial charge < -0.3 is 10.6 Å². The molecule has 1 aromatic rings. The summed E-state index contributed by atoms with van der Waals surface area (Å²) in [4.78, 5) is 28.4. The number of likely N-dealkylation sites (tertiary alicyclic amines) is 2. The second-order valence-electron chi connectivity index (χ2n) is 7.45. The molecule has 2 N–H and O–H groups in total. The van der Waals surface area contributed by atoms with Gasteiger partial charge in [0.15, 0.2) is 0 Å². The van der Waals surface area contributed by atoms with Crippen molar-refractivity contribution in [1.29, 1.82) is 0 Å². The maximum Gasteiger partial charge on any atom is 0.239 e. The average Bonchev–Trinajstić information content (AvgIpc) is 3.23. The number of aromatic nitrogens is 2. The largest absolute Gasteiger partial charge is 0.369 e. The Morgan fingerprint density at radius 3 is 2.60 bits per heavy atom. The molecule has 0 radical (unpaired) electrons. The number of carbonyl (C=O) groups is 2. The Morgan fingerprint density at radius 2 is 2.00 bits per heavy atom. The van der Waals surface area contributed by atoms with Gasteiger partial charge >= 0.3 is 0 Å². The summed E-state index contributed by atoms with van der Waals surface area (Å²) in [5.74, 6) is -0.150. The lowest BCUT2D eigenvalue weighted by atomic mass is 9.96. The number of nitrogens with two attached hydrogens (primary N) is 1. The SMILES string of the molecule is Cc1cnn(CC2CCCN2C(C)C(=O)N2CCC(C(N)=O)CC2)c1. The van der Waals surface area contributed by atoms with E-state index < -0.39 is 0 Å². The van der Waals surface area contributed by atoms with Crippen LogP contribution in [0.4, 0.5) is 0 Å². The van der Waals surface area contributed by atoms with Gasteiger partial charge in [-0.2, -0.15) is 5.10 Å². The van der Waals surface area contributed by atoms with Crippen LogP contribution in [0.5, 0.6) is 0 Å². The fraction of sp³-hybridized carbons (Fsp3) is 0.722. The lowest BCUT2D eigenvalue weighted by molar-refractivity contribution is -0.139. The Hall–Kier alpha value is -1.89. The molecule has 7 nitrogen and oxygen atoms in total. The first-order valence-corrected chi connectivity index (χ1v) is 9.28. The van der Waals surface area contributed by atoms with Crippen LogP contribution in [-0.2, 0) is 16.1 Å². The van der Waals surface area contributed by atoms with Crippen LogP contribution in [0, 0.1) is 12.8 Å². The van der Waals surface area contributed by atoms with E-state index in [2.05, 4.69) is 16.2 Å². The highest BCUT2D eigenvalue weighted by atomic mass is 16.2. The summed E-state index contributed by atoms with van der Waals surface area (Å²) in [6.45, 7) is 7.10. The summed E-state index contributed by atoms with van der Waals surface area (Å²) < 4.78 is 1.98. The van der Waals surface area contributed by atoms with Crippen molar-refractivity contribution in [1.82, 2.24) is 19.6 Å². The van der Waals surface area contributed by atoms with E-state index in [9.17, 15) is 9.59 Å². The Labute approximate surface area is 149 Å². The maximum atomic E-state index is 12.9. The first-order chi connectivity index (χ1) is 12.0. The number of hydrogen-bond donors (Lipinski definition) is 1. The summed E-state index contributed by atoms with van der Waals surface area (Å²) >= 11 is 0. The summed E-state index contributed by atoms with van der Waals surface area (Å²) in [5, 5.41) is 4.38. The molecule has 138 valence electrons. The number of amides is 2. The fourth-order valence-electron chi connectivity index (χ4n) is 4.14. The molecule has 25 heavy (non-hydrogen) atoms. The highest BCUT2D eigenvalue weighted by Gasteiger charge is 2.35. The molecule has 2 atom stereocenters. The minimum atomic E-state index is -0.241. The number of nitrogens with zero attached hydrogens (tertiary/aromatic N) is 4.